The van der Waals surface area contributed by atoms with Crippen molar-refractivity contribution < 1.29 is 32.7 Å². The summed E-state index contributed by atoms with van der Waals surface area (Å²) in [7, 11) is -2.41. The monoisotopic (exact) mass is 536 g/mol. The third-order valence-electron chi connectivity index (χ3n) is 7.04. The van der Waals surface area contributed by atoms with Crippen molar-refractivity contribution in [2.75, 3.05) is 33.2 Å². The van der Waals surface area contributed by atoms with E-state index >= 15 is 0 Å². The van der Waals surface area contributed by atoms with Gasteiger partial charge in [0.05, 0.1) is 12.2 Å². The van der Waals surface area contributed by atoms with E-state index in [0.717, 1.165) is 17.7 Å². The molecule has 11 nitrogen and oxygen atoms in total. The zero-order valence-corrected chi connectivity index (χ0v) is 22.2. The molecule has 0 saturated carbocycles. The highest BCUT2D eigenvalue weighted by atomic mass is 32.2. The van der Waals surface area contributed by atoms with E-state index in [4.69, 9.17) is 0 Å². The summed E-state index contributed by atoms with van der Waals surface area (Å²) in [5.74, 6) is -2.45. The minimum absolute atomic E-state index is 0.0219. The lowest BCUT2D eigenvalue weighted by atomic mass is 9.96. The van der Waals surface area contributed by atoms with Gasteiger partial charge in [-0.25, -0.2) is 17.9 Å². The van der Waals surface area contributed by atoms with Gasteiger partial charge in [-0.1, -0.05) is 30.3 Å². The van der Waals surface area contributed by atoms with Crippen molar-refractivity contribution in [2.45, 2.75) is 56.9 Å². The van der Waals surface area contributed by atoms with Gasteiger partial charge in [0.2, 0.25) is 27.7 Å². The maximum absolute atomic E-state index is 13.4. The van der Waals surface area contributed by atoms with E-state index in [1.807, 2.05) is 0 Å². The fraction of sp³-hybridized carbons (Fsp3) is 0.600. The number of amides is 3. The topological polar surface area (TPSA) is 144 Å². The first-order chi connectivity index (χ1) is 17.5. The number of carboxylic acid groups (broad SMARTS) is 1. The first-order valence-electron chi connectivity index (χ1n) is 12.5. The molecular formula is C25H36N4O7S. The molecule has 37 heavy (non-hydrogen) atoms. The molecule has 3 amide bonds. The molecule has 1 aromatic carbocycles. The molecule has 0 radical (unpaired) electrons. The number of hydrogen-bond donors (Lipinski definition) is 2. The van der Waals surface area contributed by atoms with E-state index in [9.17, 15) is 32.7 Å². The summed E-state index contributed by atoms with van der Waals surface area (Å²) < 4.78 is 28.3. The summed E-state index contributed by atoms with van der Waals surface area (Å²) in [5.41, 5.74) is 0.520. The van der Waals surface area contributed by atoms with Gasteiger partial charge in [0, 0.05) is 40.2 Å². The van der Waals surface area contributed by atoms with Crippen LogP contribution in [0.15, 0.2) is 30.3 Å². The van der Waals surface area contributed by atoms with Gasteiger partial charge in [0.25, 0.3) is 0 Å². The number of carbonyl (C=O) groups is 4. The molecule has 2 N–H and O–H groups in total. The standard InChI is InChI=1S/C25H36N4O7S/c1-18(30)28-13-10-19(11-14-28)16-27(2)23(31)15-21(24(32)29-12-6-9-22(29)25(33)34)26-37(35,36)17-20-7-4-3-5-8-20/h3-5,7-8,19,21-22,26H,6,9-17H2,1-2H3,(H,33,34)/t21-,22+/m1/s1. The predicted octanol–water partition coefficient (Wildman–Crippen LogP) is 0.657. The zero-order chi connectivity index (χ0) is 27.2. The van der Waals surface area contributed by atoms with E-state index in [-0.39, 0.29) is 30.5 Å². The Morgan fingerprint density at radius 1 is 1.08 bits per heavy atom. The largest absolute Gasteiger partial charge is 0.480 e. The highest BCUT2D eigenvalue weighted by Crippen LogP contribution is 2.21. The molecule has 0 aromatic heterocycles. The molecule has 3 rings (SSSR count). The average molecular weight is 537 g/mol. The van der Waals surface area contributed by atoms with Crippen LogP contribution in [0.5, 0.6) is 0 Å². The van der Waals surface area contributed by atoms with Crippen LogP contribution in [0, 0.1) is 5.92 Å². The highest BCUT2D eigenvalue weighted by Gasteiger charge is 2.39. The summed E-state index contributed by atoms with van der Waals surface area (Å²) >= 11 is 0. The summed E-state index contributed by atoms with van der Waals surface area (Å²) in [4.78, 5) is 54.1. The molecule has 12 heteroatoms. The van der Waals surface area contributed by atoms with Crippen molar-refractivity contribution in [2.24, 2.45) is 5.92 Å². The van der Waals surface area contributed by atoms with Crippen LogP contribution in [0.25, 0.3) is 0 Å². The minimum atomic E-state index is -4.01. The third-order valence-corrected chi connectivity index (χ3v) is 8.39. The van der Waals surface area contributed by atoms with Gasteiger partial charge in [0.1, 0.15) is 12.1 Å². The van der Waals surface area contributed by atoms with Gasteiger partial charge in [-0.15, -0.1) is 0 Å². The molecule has 2 aliphatic heterocycles. The second-order valence-electron chi connectivity index (χ2n) is 9.87. The fourth-order valence-electron chi connectivity index (χ4n) is 4.97. The summed E-state index contributed by atoms with van der Waals surface area (Å²) in [6, 6.07) is 5.99. The normalized spacial score (nSPS) is 19.5. The van der Waals surface area contributed by atoms with Crippen molar-refractivity contribution in [1.82, 2.24) is 19.4 Å². The number of carboxylic acids is 1. The lowest BCUT2D eigenvalue weighted by Crippen LogP contribution is -2.53. The van der Waals surface area contributed by atoms with Gasteiger partial charge in [0.15, 0.2) is 0 Å². The molecule has 2 fully saturated rings. The Kier molecular flexibility index (Phi) is 9.66. The van der Waals surface area contributed by atoms with Crippen LogP contribution in [0.4, 0.5) is 0 Å². The number of nitrogens with one attached hydrogen (secondary N) is 1. The average Bonchev–Trinajstić information content (AvgIpc) is 3.34. The second-order valence-corrected chi connectivity index (χ2v) is 11.6. The van der Waals surface area contributed by atoms with Gasteiger partial charge in [-0.05, 0) is 37.2 Å². The Bertz CT molecular complexity index is 1090. The van der Waals surface area contributed by atoms with Crippen molar-refractivity contribution in [1.29, 1.82) is 0 Å². The second kappa shape index (κ2) is 12.5. The van der Waals surface area contributed by atoms with Crippen LogP contribution in [0.1, 0.15) is 44.6 Å². The molecule has 0 bridgehead atoms. The highest BCUT2D eigenvalue weighted by molar-refractivity contribution is 7.88. The third kappa shape index (κ3) is 8.00. The maximum atomic E-state index is 13.4. The number of piperidine rings is 1. The Hall–Kier alpha value is -2.99. The lowest BCUT2D eigenvalue weighted by molar-refractivity contribution is -0.149. The number of nitrogens with zero attached hydrogens (tertiary/aromatic N) is 3. The number of likely N-dealkylation sites (tertiary alicyclic amines) is 2. The van der Waals surface area contributed by atoms with Crippen LogP contribution in [0.2, 0.25) is 0 Å². The molecule has 2 atom stereocenters. The van der Waals surface area contributed by atoms with E-state index in [0.29, 0.717) is 31.6 Å². The number of rotatable bonds is 10. The molecule has 0 unspecified atom stereocenters. The Morgan fingerprint density at radius 3 is 2.32 bits per heavy atom. The molecular weight excluding hydrogens is 500 g/mol. The van der Waals surface area contributed by atoms with E-state index < -0.39 is 46.3 Å². The van der Waals surface area contributed by atoms with Crippen LogP contribution in [-0.2, 0) is 35.0 Å². The van der Waals surface area contributed by atoms with Gasteiger partial charge in [-0.2, -0.15) is 0 Å². The first-order valence-corrected chi connectivity index (χ1v) is 14.2. The Balaban J connectivity index is 1.70. The quantitative estimate of drug-likeness (QED) is 0.447. The number of benzene rings is 1. The summed E-state index contributed by atoms with van der Waals surface area (Å²) in [6.45, 7) is 3.37. The molecule has 0 aliphatic carbocycles. The Labute approximate surface area is 217 Å². The molecule has 0 spiro atoms. The predicted molar refractivity (Wildman–Crippen MR) is 136 cm³/mol. The lowest BCUT2D eigenvalue weighted by Gasteiger charge is -2.34. The fourth-order valence-corrected chi connectivity index (χ4v) is 6.30. The van der Waals surface area contributed by atoms with Crippen LogP contribution >= 0.6 is 0 Å². The summed E-state index contributed by atoms with van der Waals surface area (Å²) in [6.07, 6.45) is 1.84. The van der Waals surface area contributed by atoms with Gasteiger partial charge >= 0.3 is 5.97 Å². The van der Waals surface area contributed by atoms with Crippen LogP contribution < -0.4 is 4.72 Å². The van der Waals surface area contributed by atoms with Gasteiger partial charge < -0.3 is 19.8 Å². The van der Waals surface area contributed by atoms with Crippen molar-refractivity contribution in [3.63, 3.8) is 0 Å². The molecule has 2 saturated heterocycles. The van der Waals surface area contributed by atoms with E-state index in [1.165, 1.54) is 11.8 Å². The number of aliphatic carboxylic acids is 1. The van der Waals surface area contributed by atoms with Crippen LogP contribution in [-0.4, -0.2) is 97.2 Å². The maximum Gasteiger partial charge on any atom is 0.326 e. The number of sulfonamides is 1. The van der Waals surface area contributed by atoms with E-state index in [1.54, 1.807) is 42.3 Å². The summed E-state index contributed by atoms with van der Waals surface area (Å²) in [5, 5.41) is 9.51. The van der Waals surface area contributed by atoms with Crippen molar-refractivity contribution in [3.8, 4) is 0 Å². The first kappa shape index (κ1) is 28.6. The zero-order valence-electron chi connectivity index (χ0n) is 21.3. The SMILES string of the molecule is CC(=O)N1CCC(CN(C)C(=O)C[C@@H](NS(=O)(=O)Cc2ccccc2)C(=O)N2CCC[C@H]2C(=O)O)CC1. The smallest absolute Gasteiger partial charge is 0.326 e. The van der Waals surface area contributed by atoms with E-state index in [2.05, 4.69) is 4.72 Å². The number of carbonyl (C=O) groups excluding carboxylic acids is 3. The van der Waals surface area contributed by atoms with Gasteiger partial charge in [-0.3, -0.25) is 14.4 Å². The molecule has 204 valence electrons. The van der Waals surface area contributed by atoms with Crippen molar-refractivity contribution >= 4 is 33.7 Å². The Morgan fingerprint density at radius 2 is 1.73 bits per heavy atom. The number of hydrogen-bond acceptors (Lipinski definition) is 6. The van der Waals surface area contributed by atoms with Crippen molar-refractivity contribution in [3.05, 3.63) is 35.9 Å². The van der Waals surface area contributed by atoms with Crippen LogP contribution in [0.3, 0.4) is 0 Å². The minimum Gasteiger partial charge on any atom is -0.480 e. The molecule has 2 aliphatic rings. The molecule has 1 aromatic rings. The molecule has 2 heterocycles.